The molecular formula is C22H26FNO4. The first-order valence-corrected chi connectivity index (χ1v) is 9.42. The summed E-state index contributed by atoms with van der Waals surface area (Å²) in [5, 5.41) is 2.89. The van der Waals surface area contributed by atoms with E-state index in [4.69, 9.17) is 9.47 Å². The van der Waals surface area contributed by atoms with Crippen LogP contribution in [0.25, 0.3) is 0 Å². The Hall–Kier alpha value is -2.89. The molecule has 1 atom stereocenters. The minimum atomic E-state index is -0.398. The van der Waals surface area contributed by atoms with Crippen LogP contribution in [-0.2, 0) is 4.79 Å². The van der Waals surface area contributed by atoms with Crippen molar-refractivity contribution >= 4 is 11.7 Å². The van der Waals surface area contributed by atoms with E-state index < -0.39 is 5.82 Å². The highest BCUT2D eigenvalue weighted by atomic mass is 19.1. The summed E-state index contributed by atoms with van der Waals surface area (Å²) < 4.78 is 24.1. The molecule has 1 N–H and O–H groups in total. The molecule has 2 aromatic rings. The molecule has 0 fully saturated rings. The fourth-order valence-electron chi connectivity index (χ4n) is 2.74. The summed E-state index contributed by atoms with van der Waals surface area (Å²) in [5.74, 6) is 0.480. The Kier molecular flexibility index (Phi) is 7.99. The van der Waals surface area contributed by atoms with Crippen LogP contribution in [0.1, 0.15) is 55.6 Å². The van der Waals surface area contributed by atoms with E-state index >= 15 is 0 Å². The lowest BCUT2D eigenvalue weighted by molar-refractivity contribution is -0.121. The number of nitrogens with one attached hydrogen (secondary N) is 1. The van der Waals surface area contributed by atoms with Crippen molar-refractivity contribution in [3.05, 3.63) is 59.4 Å². The summed E-state index contributed by atoms with van der Waals surface area (Å²) in [6.45, 7) is 6.71. The Morgan fingerprint density at radius 2 is 1.61 bits per heavy atom. The number of rotatable bonds is 10. The van der Waals surface area contributed by atoms with Crippen LogP contribution in [0.2, 0.25) is 0 Å². The molecule has 28 heavy (non-hydrogen) atoms. The van der Waals surface area contributed by atoms with Gasteiger partial charge in [0.2, 0.25) is 5.91 Å². The number of ether oxygens (including phenoxy) is 2. The monoisotopic (exact) mass is 387 g/mol. The molecule has 0 aliphatic rings. The van der Waals surface area contributed by atoms with Crippen LogP contribution in [0.3, 0.4) is 0 Å². The second kappa shape index (κ2) is 10.4. The van der Waals surface area contributed by atoms with Crippen LogP contribution in [0.5, 0.6) is 11.5 Å². The van der Waals surface area contributed by atoms with Crippen molar-refractivity contribution in [2.75, 3.05) is 13.2 Å². The molecule has 0 radical (unpaired) electrons. The molecule has 0 bridgehead atoms. The Morgan fingerprint density at radius 1 is 0.964 bits per heavy atom. The van der Waals surface area contributed by atoms with E-state index in [1.165, 1.54) is 24.3 Å². The predicted octanol–water partition coefficient (Wildman–Crippen LogP) is 4.46. The molecule has 0 saturated heterocycles. The number of hydrogen-bond donors (Lipinski definition) is 1. The molecule has 2 rings (SSSR count). The number of halogens is 1. The first-order valence-electron chi connectivity index (χ1n) is 9.42. The van der Waals surface area contributed by atoms with E-state index in [2.05, 4.69) is 5.32 Å². The van der Waals surface area contributed by atoms with Crippen molar-refractivity contribution in [3.8, 4) is 11.5 Å². The van der Waals surface area contributed by atoms with Crippen LogP contribution >= 0.6 is 0 Å². The number of ketones is 1. The van der Waals surface area contributed by atoms with Crippen molar-refractivity contribution in [2.45, 2.75) is 39.7 Å². The van der Waals surface area contributed by atoms with E-state index in [1.54, 1.807) is 0 Å². The Labute approximate surface area is 164 Å². The zero-order valence-corrected chi connectivity index (χ0v) is 16.5. The van der Waals surface area contributed by atoms with Gasteiger partial charge in [-0.1, -0.05) is 6.07 Å². The van der Waals surface area contributed by atoms with Gasteiger partial charge in [-0.25, -0.2) is 4.39 Å². The third-order valence-electron chi connectivity index (χ3n) is 4.19. The molecule has 0 saturated carbocycles. The number of Topliss-reactive ketones (excluding diaryl/α,β-unsaturated/α-hetero) is 1. The second-order valence-corrected chi connectivity index (χ2v) is 6.29. The van der Waals surface area contributed by atoms with Crippen molar-refractivity contribution in [1.29, 1.82) is 0 Å². The van der Waals surface area contributed by atoms with E-state index in [1.807, 2.05) is 39.0 Å². The van der Waals surface area contributed by atoms with Gasteiger partial charge < -0.3 is 14.8 Å². The third-order valence-corrected chi connectivity index (χ3v) is 4.19. The van der Waals surface area contributed by atoms with Crippen LogP contribution in [0.15, 0.2) is 42.5 Å². The van der Waals surface area contributed by atoms with Crippen molar-refractivity contribution in [1.82, 2.24) is 5.32 Å². The Balaban J connectivity index is 1.93. The van der Waals surface area contributed by atoms with Crippen LogP contribution < -0.4 is 14.8 Å². The maximum Gasteiger partial charge on any atom is 0.220 e. The quantitative estimate of drug-likeness (QED) is 0.611. The molecule has 0 spiro atoms. The van der Waals surface area contributed by atoms with Gasteiger partial charge >= 0.3 is 0 Å². The minimum Gasteiger partial charge on any atom is -0.490 e. The maximum absolute atomic E-state index is 12.9. The van der Waals surface area contributed by atoms with Crippen LogP contribution in [0.4, 0.5) is 4.39 Å². The predicted molar refractivity (Wildman–Crippen MR) is 105 cm³/mol. The molecule has 1 amide bonds. The molecule has 6 heteroatoms. The van der Waals surface area contributed by atoms with Gasteiger partial charge in [0.1, 0.15) is 5.82 Å². The van der Waals surface area contributed by atoms with E-state index in [9.17, 15) is 14.0 Å². The summed E-state index contributed by atoms with van der Waals surface area (Å²) in [6, 6.07) is 10.6. The highest BCUT2D eigenvalue weighted by Crippen LogP contribution is 2.30. The topological polar surface area (TPSA) is 64.6 Å². The van der Waals surface area contributed by atoms with Crippen molar-refractivity contribution < 1.29 is 23.5 Å². The summed E-state index contributed by atoms with van der Waals surface area (Å²) >= 11 is 0. The summed E-state index contributed by atoms with van der Waals surface area (Å²) in [5.41, 5.74) is 1.28. The minimum absolute atomic E-state index is 0.0654. The number of hydrogen-bond acceptors (Lipinski definition) is 4. The van der Waals surface area contributed by atoms with Gasteiger partial charge in [-0.15, -0.1) is 0 Å². The average Bonchev–Trinajstić information content (AvgIpc) is 2.68. The summed E-state index contributed by atoms with van der Waals surface area (Å²) in [4.78, 5) is 24.3. The van der Waals surface area contributed by atoms with Crippen molar-refractivity contribution in [2.24, 2.45) is 0 Å². The van der Waals surface area contributed by atoms with Gasteiger partial charge in [-0.2, -0.15) is 0 Å². The van der Waals surface area contributed by atoms with Gasteiger partial charge in [0.15, 0.2) is 17.3 Å². The third kappa shape index (κ3) is 6.08. The van der Waals surface area contributed by atoms with Gasteiger partial charge in [0.25, 0.3) is 0 Å². The van der Waals surface area contributed by atoms with Gasteiger partial charge in [0, 0.05) is 18.4 Å². The standard InChI is InChI=1S/C22H26FNO4/c1-4-27-20-12-8-17(14-21(20)28-5-2)15(3)24-22(26)13-11-19(25)16-6-9-18(23)10-7-16/h6-10,12,14-15H,4-5,11,13H2,1-3H3,(H,24,26)/t15-/m0/s1. The highest BCUT2D eigenvalue weighted by Gasteiger charge is 2.15. The number of amides is 1. The summed E-state index contributed by atoms with van der Waals surface area (Å²) in [7, 11) is 0. The molecule has 0 aliphatic heterocycles. The molecule has 150 valence electrons. The average molecular weight is 387 g/mol. The molecule has 0 aliphatic carbocycles. The fraction of sp³-hybridized carbons (Fsp3) is 0.364. The summed E-state index contributed by atoms with van der Waals surface area (Å²) in [6.07, 6.45) is 0.132. The molecule has 0 aromatic heterocycles. The zero-order chi connectivity index (χ0) is 20.5. The van der Waals surface area contributed by atoms with E-state index in [-0.39, 0.29) is 30.6 Å². The SMILES string of the molecule is CCOc1ccc([C@H](C)NC(=O)CCC(=O)c2ccc(F)cc2)cc1OCC. The lowest BCUT2D eigenvalue weighted by Crippen LogP contribution is -2.27. The molecule has 2 aromatic carbocycles. The molecular weight excluding hydrogens is 361 g/mol. The van der Waals surface area contributed by atoms with Crippen LogP contribution in [-0.4, -0.2) is 24.9 Å². The van der Waals surface area contributed by atoms with Gasteiger partial charge in [-0.3, -0.25) is 9.59 Å². The Bertz CT molecular complexity index is 805. The molecule has 5 nitrogen and oxygen atoms in total. The highest BCUT2D eigenvalue weighted by molar-refractivity contribution is 5.97. The van der Waals surface area contributed by atoms with Crippen molar-refractivity contribution in [3.63, 3.8) is 0 Å². The lowest BCUT2D eigenvalue weighted by atomic mass is 10.1. The lowest BCUT2D eigenvalue weighted by Gasteiger charge is -2.17. The second-order valence-electron chi connectivity index (χ2n) is 6.29. The number of benzene rings is 2. The number of carbonyl (C=O) groups excluding carboxylic acids is 2. The molecule has 0 heterocycles. The van der Waals surface area contributed by atoms with E-state index in [0.29, 0.717) is 30.3 Å². The first kappa shape index (κ1) is 21.4. The first-order chi connectivity index (χ1) is 13.4. The van der Waals surface area contributed by atoms with E-state index in [0.717, 1.165) is 5.56 Å². The fourth-order valence-corrected chi connectivity index (χ4v) is 2.74. The largest absolute Gasteiger partial charge is 0.490 e. The normalized spacial score (nSPS) is 11.6. The van der Waals surface area contributed by atoms with Gasteiger partial charge in [-0.05, 0) is 62.7 Å². The Morgan fingerprint density at radius 3 is 2.25 bits per heavy atom. The van der Waals surface area contributed by atoms with Gasteiger partial charge in [0.05, 0.1) is 19.3 Å². The molecule has 0 unspecified atom stereocenters. The maximum atomic E-state index is 12.9. The van der Waals surface area contributed by atoms with Crippen LogP contribution in [0, 0.1) is 5.82 Å². The number of carbonyl (C=O) groups is 2. The smallest absolute Gasteiger partial charge is 0.220 e. The zero-order valence-electron chi connectivity index (χ0n) is 16.5.